The van der Waals surface area contributed by atoms with Crippen molar-refractivity contribution >= 4 is 16.7 Å². The van der Waals surface area contributed by atoms with Crippen LogP contribution in [0.1, 0.15) is 18.4 Å². The summed E-state index contributed by atoms with van der Waals surface area (Å²) < 4.78 is 7.64. The highest BCUT2D eigenvalue weighted by molar-refractivity contribution is 5.90. The average molecular weight is 413 g/mol. The van der Waals surface area contributed by atoms with Crippen LogP contribution in [0, 0.1) is 0 Å². The summed E-state index contributed by atoms with van der Waals surface area (Å²) in [4.78, 5) is 14.8. The molecule has 0 radical (unpaired) electrons. The van der Waals surface area contributed by atoms with Gasteiger partial charge in [-0.3, -0.25) is 4.79 Å². The van der Waals surface area contributed by atoms with E-state index in [2.05, 4.69) is 33.5 Å². The summed E-state index contributed by atoms with van der Waals surface area (Å²) in [5, 5.41) is 14.8. The molecular weight excluding hydrogens is 390 g/mol. The molecule has 31 heavy (non-hydrogen) atoms. The second kappa shape index (κ2) is 8.55. The van der Waals surface area contributed by atoms with Gasteiger partial charge in [0.1, 0.15) is 6.10 Å². The molecule has 0 bridgehead atoms. The Balaban J connectivity index is 1.16. The molecule has 7 nitrogen and oxygen atoms in total. The number of rotatable bonds is 5. The highest BCUT2D eigenvalue weighted by atomic mass is 16.5. The molecule has 0 N–H and O–H groups in total. The fourth-order valence-electron chi connectivity index (χ4n) is 4.02. The van der Waals surface area contributed by atoms with Crippen LogP contribution < -0.4 is 4.74 Å². The van der Waals surface area contributed by atoms with Gasteiger partial charge in [-0.25, -0.2) is 4.68 Å². The predicted octanol–water partition coefficient (Wildman–Crippen LogP) is 3.43. The molecule has 0 atom stereocenters. The van der Waals surface area contributed by atoms with Crippen molar-refractivity contribution in [2.75, 3.05) is 13.1 Å². The van der Waals surface area contributed by atoms with Gasteiger partial charge in [0.15, 0.2) is 5.82 Å². The van der Waals surface area contributed by atoms with E-state index in [1.54, 1.807) is 10.9 Å². The van der Waals surface area contributed by atoms with Crippen LogP contribution in [0.25, 0.3) is 16.6 Å². The molecule has 0 spiro atoms. The average Bonchev–Trinajstić information content (AvgIpc) is 3.35. The number of carbonyl (C=O) groups excluding carboxylic acids is 1. The number of likely N-dealkylation sites (tertiary alicyclic amines) is 1. The quantitative estimate of drug-likeness (QED) is 0.501. The zero-order valence-corrected chi connectivity index (χ0v) is 17.1. The number of fused-ring (bicyclic) bond motifs is 1. The van der Waals surface area contributed by atoms with Crippen LogP contribution in [0.3, 0.4) is 0 Å². The Labute approximate surface area is 180 Å². The number of nitrogens with zero attached hydrogens (tertiary/aromatic N) is 5. The van der Waals surface area contributed by atoms with E-state index in [0.717, 1.165) is 23.8 Å². The molecule has 3 heterocycles. The lowest BCUT2D eigenvalue weighted by Crippen LogP contribution is -2.42. The number of ether oxygens (including phenoxy) is 1. The Morgan fingerprint density at radius 2 is 1.81 bits per heavy atom. The van der Waals surface area contributed by atoms with Gasteiger partial charge in [-0.05, 0) is 28.5 Å². The highest BCUT2D eigenvalue weighted by Gasteiger charge is 2.24. The number of benzene rings is 2. The largest absolute Gasteiger partial charge is 0.473 e. The van der Waals surface area contributed by atoms with Crippen LogP contribution in [-0.4, -0.2) is 50.0 Å². The van der Waals surface area contributed by atoms with E-state index in [9.17, 15) is 4.79 Å². The van der Waals surface area contributed by atoms with E-state index in [4.69, 9.17) is 4.74 Å². The Kier molecular flexibility index (Phi) is 5.31. The second-order valence-electron chi connectivity index (χ2n) is 7.69. The summed E-state index contributed by atoms with van der Waals surface area (Å²) in [6.07, 6.45) is 5.53. The van der Waals surface area contributed by atoms with Crippen LogP contribution in [0.2, 0.25) is 0 Å². The molecule has 2 aromatic carbocycles. The fraction of sp³-hybridized carbons (Fsp3) is 0.250. The maximum atomic E-state index is 12.9. The monoisotopic (exact) mass is 413 g/mol. The zero-order chi connectivity index (χ0) is 21.0. The molecule has 7 heteroatoms. The third-order valence-corrected chi connectivity index (χ3v) is 5.67. The Hall–Kier alpha value is -3.74. The van der Waals surface area contributed by atoms with E-state index >= 15 is 0 Å². The summed E-state index contributed by atoms with van der Waals surface area (Å²) in [5.41, 5.74) is 1.08. The molecule has 1 fully saturated rings. The van der Waals surface area contributed by atoms with Crippen molar-refractivity contribution in [1.29, 1.82) is 0 Å². The molecule has 156 valence electrons. The maximum Gasteiger partial charge on any atom is 0.233 e. The second-order valence-corrected chi connectivity index (χ2v) is 7.69. The molecule has 0 unspecified atom stereocenters. The van der Waals surface area contributed by atoms with Gasteiger partial charge in [0.25, 0.3) is 0 Å². The Bertz CT molecular complexity index is 1160. The predicted molar refractivity (Wildman–Crippen MR) is 117 cm³/mol. The van der Waals surface area contributed by atoms with Crippen LogP contribution >= 0.6 is 0 Å². The first kappa shape index (κ1) is 19.2. The van der Waals surface area contributed by atoms with E-state index in [1.165, 1.54) is 5.39 Å². The molecule has 0 saturated carbocycles. The molecule has 5 rings (SSSR count). The van der Waals surface area contributed by atoms with Crippen LogP contribution in [-0.2, 0) is 11.2 Å². The Morgan fingerprint density at radius 1 is 0.968 bits per heavy atom. The summed E-state index contributed by atoms with van der Waals surface area (Å²) in [5.74, 6) is 1.31. The van der Waals surface area contributed by atoms with Gasteiger partial charge < -0.3 is 9.64 Å². The minimum atomic E-state index is 0.0338. The van der Waals surface area contributed by atoms with Crippen LogP contribution in [0.5, 0.6) is 5.88 Å². The zero-order valence-electron chi connectivity index (χ0n) is 17.1. The standard InChI is InChI=1S/C24H23N5O2/c30-24(17-19-7-3-6-18-5-1-2-8-21(18)19)28-15-11-20(12-16-28)31-23-10-9-22(26-27-23)29-14-4-13-25-29/h1-10,13-14,20H,11-12,15-17H2. The number of amides is 1. The molecular formula is C24H23N5O2. The lowest BCUT2D eigenvalue weighted by Gasteiger charge is -2.32. The molecule has 0 aliphatic carbocycles. The van der Waals surface area contributed by atoms with E-state index in [1.807, 2.05) is 53.6 Å². The fourth-order valence-corrected chi connectivity index (χ4v) is 4.02. The summed E-state index contributed by atoms with van der Waals surface area (Å²) in [7, 11) is 0. The van der Waals surface area contributed by atoms with Gasteiger partial charge in [0.2, 0.25) is 11.8 Å². The van der Waals surface area contributed by atoms with Gasteiger partial charge in [-0.15, -0.1) is 10.2 Å². The molecule has 1 aliphatic rings. The summed E-state index contributed by atoms with van der Waals surface area (Å²) in [6, 6.07) is 19.8. The van der Waals surface area contributed by atoms with Crippen molar-refractivity contribution in [3.8, 4) is 11.7 Å². The lowest BCUT2D eigenvalue weighted by molar-refractivity contribution is -0.132. The number of hydrogen-bond acceptors (Lipinski definition) is 5. The smallest absolute Gasteiger partial charge is 0.233 e. The number of aromatic nitrogens is 4. The van der Waals surface area contributed by atoms with Crippen molar-refractivity contribution in [2.24, 2.45) is 0 Å². The highest BCUT2D eigenvalue weighted by Crippen LogP contribution is 2.22. The van der Waals surface area contributed by atoms with Crippen molar-refractivity contribution in [3.63, 3.8) is 0 Å². The lowest BCUT2D eigenvalue weighted by atomic mass is 10.0. The van der Waals surface area contributed by atoms with Gasteiger partial charge >= 0.3 is 0 Å². The molecule has 1 amide bonds. The minimum Gasteiger partial charge on any atom is -0.473 e. The van der Waals surface area contributed by atoms with Crippen molar-refractivity contribution in [1.82, 2.24) is 24.9 Å². The van der Waals surface area contributed by atoms with Crippen molar-refractivity contribution in [3.05, 3.63) is 78.6 Å². The third kappa shape index (κ3) is 4.26. The topological polar surface area (TPSA) is 73.1 Å². The van der Waals surface area contributed by atoms with Gasteiger partial charge in [0.05, 0.1) is 6.42 Å². The summed E-state index contributed by atoms with van der Waals surface area (Å²) in [6.45, 7) is 1.38. The first-order chi connectivity index (χ1) is 15.3. The van der Waals surface area contributed by atoms with Gasteiger partial charge in [0, 0.05) is 44.4 Å². The maximum absolute atomic E-state index is 12.9. The van der Waals surface area contributed by atoms with Crippen LogP contribution in [0.4, 0.5) is 0 Å². The third-order valence-electron chi connectivity index (χ3n) is 5.67. The number of piperidine rings is 1. The van der Waals surface area contributed by atoms with Gasteiger partial charge in [-0.1, -0.05) is 42.5 Å². The first-order valence-electron chi connectivity index (χ1n) is 10.5. The van der Waals surface area contributed by atoms with E-state index in [0.29, 0.717) is 31.2 Å². The van der Waals surface area contributed by atoms with E-state index < -0.39 is 0 Å². The number of carbonyl (C=O) groups is 1. The number of hydrogen-bond donors (Lipinski definition) is 0. The normalized spacial score (nSPS) is 14.6. The minimum absolute atomic E-state index is 0.0338. The molecule has 1 saturated heterocycles. The first-order valence-corrected chi connectivity index (χ1v) is 10.5. The summed E-state index contributed by atoms with van der Waals surface area (Å²) >= 11 is 0. The van der Waals surface area contributed by atoms with E-state index in [-0.39, 0.29) is 12.0 Å². The van der Waals surface area contributed by atoms with Gasteiger partial charge in [-0.2, -0.15) is 5.10 Å². The molecule has 4 aromatic rings. The molecule has 1 aliphatic heterocycles. The van der Waals surface area contributed by atoms with Crippen molar-refractivity contribution in [2.45, 2.75) is 25.4 Å². The SMILES string of the molecule is O=C(Cc1cccc2ccccc12)N1CCC(Oc2ccc(-n3cccn3)nn2)CC1. The van der Waals surface area contributed by atoms with Crippen LogP contribution in [0.15, 0.2) is 73.1 Å². The Morgan fingerprint density at radius 3 is 2.58 bits per heavy atom. The molecule has 2 aromatic heterocycles. The van der Waals surface area contributed by atoms with Crippen molar-refractivity contribution < 1.29 is 9.53 Å².